The number of rotatable bonds is 4. The lowest BCUT2D eigenvalue weighted by atomic mass is 10.1. The molecule has 0 N–H and O–H groups in total. The lowest BCUT2D eigenvalue weighted by molar-refractivity contribution is 0.0588. The van der Waals surface area contributed by atoms with Crippen LogP contribution in [0.1, 0.15) is 36.0 Å². The highest BCUT2D eigenvalue weighted by Crippen LogP contribution is 2.24. The number of halogens is 1. The first kappa shape index (κ1) is 17.8. The van der Waals surface area contributed by atoms with Crippen molar-refractivity contribution in [2.24, 2.45) is 0 Å². The molecule has 3 heterocycles. The van der Waals surface area contributed by atoms with Gasteiger partial charge in [0, 0.05) is 50.8 Å². The van der Waals surface area contributed by atoms with Gasteiger partial charge >= 0.3 is 0 Å². The molecule has 2 aromatic rings. The Morgan fingerprint density at radius 2 is 1.81 bits per heavy atom. The first-order valence-corrected chi connectivity index (χ1v) is 9.62. The summed E-state index contributed by atoms with van der Waals surface area (Å²) in [6.45, 7) is 3.23. The lowest BCUT2D eigenvalue weighted by Crippen LogP contribution is -2.41. The summed E-state index contributed by atoms with van der Waals surface area (Å²) in [6.07, 6.45) is 5.40. The van der Waals surface area contributed by atoms with Gasteiger partial charge in [0.05, 0.1) is 0 Å². The molecule has 0 aliphatic carbocycles. The van der Waals surface area contributed by atoms with Crippen LogP contribution in [-0.4, -0.2) is 48.1 Å². The van der Waals surface area contributed by atoms with Gasteiger partial charge in [0.1, 0.15) is 11.9 Å². The minimum atomic E-state index is -0.345. The fourth-order valence-electron chi connectivity index (χ4n) is 3.75. The zero-order chi connectivity index (χ0) is 18.6. The first-order chi connectivity index (χ1) is 13.2. The number of anilines is 1. The third-order valence-corrected chi connectivity index (χ3v) is 5.28. The minimum Gasteiger partial charge on any atom is -0.487 e. The molecule has 4 rings (SSSR count). The van der Waals surface area contributed by atoms with E-state index in [-0.39, 0.29) is 23.6 Å². The van der Waals surface area contributed by atoms with Crippen molar-refractivity contribution in [2.75, 3.05) is 31.1 Å². The number of nitrogens with zero attached hydrogens (tertiary/aromatic N) is 3. The van der Waals surface area contributed by atoms with Crippen molar-refractivity contribution in [3.05, 3.63) is 54.0 Å². The van der Waals surface area contributed by atoms with E-state index in [1.807, 2.05) is 11.0 Å². The Morgan fingerprint density at radius 1 is 1.07 bits per heavy atom. The molecule has 0 bridgehead atoms. The highest BCUT2D eigenvalue weighted by atomic mass is 19.1. The molecule has 2 aliphatic heterocycles. The molecule has 0 atom stereocenters. The Hall–Kier alpha value is -2.63. The monoisotopic (exact) mass is 369 g/mol. The van der Waals surface area contributed by atoms with Crippen molar-refractivity contribution in [3.63, 3.8) is 0 Å². The molecule has 6 heteroatoms. The van der Waals surface area contributed by atoms with Crippen LogP contribution in [0.5, 0.6) is 5.75 Å². The van der Waals surface area contributed by atoms with Crippen LogP contribution in [0.4, 0.5) is 10.2 Å². The van der Waals surface area contributed by atoms with Crippen LogP contribution in [0.3, 0.4) is 0 Å². The number of para-hydroxylation sites is 1. The van der Waals surface area contributed by atoms with E-state index in [0.717, 1.165) is 18.9 Å². The summed E-state index contributed by atoms with van der Waals surface area (Å²) in [5.41, 5.74) is 0.681. The quantitative estimate of drug-likeness (QED) is 0.827. The molecule has 0 unspecified atom stereocenters. The predicted octanol–water partition coefficient (Wildman–Crippen LogP) is 3.50. The maximum absolute atomic E-state index is 13.7. The molecule has 1 amide bonds. The summed E-state index contributed by atoms with van der Waals surface area (Å²) in [5.74, 6) is 0.854. The van der Waals surface area contributed by atoms with Gasteiger partial charge in [-0.3, -0.25) is 4.79 Å². The smallest absolute Gasteiger partial charge is 0.254 e. The Labute approximate surface area is 158 Å². The zero-order valence-electron chi connectivity index (χ0n) is 15.3. The molecule has 0 spiro atoms. The standard InChI is InChI=1S/C21H24FN3O2/c22-18-5-1-2-6-19(18)27-17-8-13-25(14-9-17)21(26)16-7-10-23-20(15-16)24-11-3-4-12-24/h1-2,5-7,10,15,17H,3-4,8-9,11-14H2. The van der Waals surface area contributed by atoms with Gasteiger partial charge < -0.3 is 14.5 Å². The number of pyridine rings is 1. The van der Waals surface area contributed by atoms with Gasteiger partial charge in [-0.2, -0.15) is 0 Å². The van der Waals surface area contributed by atoms with Crippen LogP contribution in [-0.2, 0) is 0 Å². The largest absolute Gasteiger partial charge is 0.487 e. The maximum Gasteiger partial charge on any atom is 0.254 e. The number of amides is 1. The van der Waals surface area contributed by atoms with Crippen molar-refractivity contribution in [1.82, 2.24) is 9.88 Å². The van der Waals surface area contributed by atoms with E-state index in [2.05, 4.69) is 9.88 Å². The minimum absolute atomic E-state index is 0.0298. The second-order valence-electron chi connectivity index (χ2n) is 7.14. The number of hydrogen-bond donors (Lipinski definition) is 0. The molecule has 1 aromatic heterocycles. The van der Waals surface area contributed by atoms with Crippen molar-refractivity contribution < 1.29 is 13.9 Å². The van der Waals surface area contributed by atoms with Crippen molar-refractivity contribution in [2.45, 2.75) is 31.8 Å². The van der Waals surface area contributed by atoms with E-state index >= 15 is 0 Å². The number of piperidine rings is 1. The Kier molecular flexibility index (Phi) is 5.23. The van der Waals surface area contributed by atoms with Gasteiger partial charge in [0.15, 0.2) is 11.6 Å². The van der Waals surface area contributed by atoms with Gasteiger partial charge in [0.2, 0.25) is 0 Å². The number of carbonyl (C=O) groups excluding carboxylic acids is 1. The average Bonchev–Trinajstić information content (AvgIpc) is 3.25. The van der Waals surface area contributed by atoms with E-state index in [1.54, 1.807) is 30.5 Å². The van der Waals surface area contributed by atoms with Crippen LogP contribution in [0.25, 0.3) is 0 Å². The van der Waals surface area contributed by atoms with E-state index in [9.17, 15) is 9.18 Å². The molecular formula is C21H24FN3O2. The van der Waals surface area contributed by atoms with Crippen LogP contribution in [0, 0.1) is 5.82 Å². The number of aromatic nitrogens is 1. The van der Waals surface area contributed by atoms with Crippen LogP contribution in [0.2, 0.25) is 0 Å². The van der Waals surface area contributed by atoms with Crippen molar-refractivity contribution in [3.8, 4) is 5.75 Å². The lowest BCUT2D eigenvalue weighted by Gasteiger charge is -2.32. The van der Waals surface area contributed by atoms with E-state index in [1.165, 1.54) is 18.9 Å². The van der Waals surface area contributed by atoms with Gasteiger partial charge in [-0.05, 0) is 37.1 Å². The van der Waals surface area contributed by atoms with Crippen LogP contribution in [0.15, 0.2) is 42.6 Å². The van der Waals surface area contributed by atoms with E-state index < -0.39 is 0 Å². The third kappa shape index (κ3) is 4.04. The average molecular weight is 369 g/mol. The highest BCUT2D eigenvalue weighted by molar-refractivity contribution is 5.95. The predicted molar refractivity (Wildman–Crippen MR) is 102 cm³/mol. The highest BCUT2D eigenvalue weighted by Gasteiger charge is 2.26. The molecule has 2 saturated heterocycles. The van der Waals surface area contributed by atoms with E-state index in [4.69, 9.17) is 4.74 Å². The van der Waals surface area contributed by atoms with Gasteiger partial charge in [-0.1, -0.05) is 12.1 Å². The summed E-state index contributed by atoms with van der Waals surface area (Å²) in [5, 5.41) is 0. The van der Waals surface area contributed by atoms with Gasteiger partial charge in [0.25, 0.3) is 5.91 Å². The number of likely N-dealkylation sites (tertiary alicyclic amines) is 1. The van der Waals surface area contributed by atoms with Gasteiger partial charge in [-0.25, -0.2) is 9.37 Å². The molecular weight excluding hydrogens is 345 g/mol. The van der Waals surface area contributed by atoms with Crippen LogP contribution < -0.4 is 9.64 Å². The SMILES string of the molecule is O=C(c1ccnc(N2CCCC2)c1)N1CCC(Oc2ccccc2F)CC1. The summed E-state index contributed by atoms with van der Waals surface area (Å²) >= 11 is 0. The Bertz CT molecular complexity index is 800. The molecule has 1 aromatic carbocycles. The zero-order valence-corrected chi connectivity index (χ0v) is 15.3. The summed E-state index contributed by atoms with van der Waals surface area (Å²) in [7, 11) is 0. The van der Waals surface area contributed by atoms with Crippen LogP contribution >= 0.6 is 0 Å². The number of hydrogen-bond acceptors (Lipinski definition) is 4. The molecule has 0 radical (unpaired) electrons. The molecule has 5 nitrogen and oxygen atoms in total. The number of carbonyl (C=O) groups is 1. The third-order valence-electron chi connectivity index (χ3n) is 5.28. The Morgan fingerprint density at radius 3 is 2.56 bits per heavy atom. The molecule has 142 valence electrons. The van der Waals surface area contributed by atoms with Gasteiger partial charge in [-0.15, -0.1) is 0 Å². The fraction of sp³-hybridized carbons (Fsp3) is 0.429. The summed E-state index contributed by atoms with van der Waals surface area (Å²) in [6, 6.07) is 10.1. The summed E-state index contributed by atoms with van der Waals surface area (Å²) in [4.78, 5) is 21.4. The van der Waals surface area contributed by atoms with Crippen molar-refractivity contribution >= 4 is 11.7 Å². The number of benzene rings is 1. The van der Waals surface area contributed by atoms with E-state index in [0.29, 0.717) is 31.5 Å². The maximum atomic E-state index is 13.7. The topological polar surface area (TPSA) is 45.7 Å². The second kappa shape index (κ2) is 7.94. The van der Waals surface area contributed by atoms with Crippen molar-refractivity contribution in [1.29, 1.82) is 0 Å². The molecule has 0 saturated carbocycles. The Balaban J connectivity index is 1.36. The fourth-order valence-corrected chi connectivity index (χ4v) is 3.75. The molecule has 27 heavy (non-hydrogen) atoms. The normalized spacial score (nSPS) is 18.0. The number of ether oxygens (including phenoxy) is 1. The molecule has 2 fully saturated rings. The summed E-state index contributed by atoms with van der Waals surface area (Å²) < 4.78 is 19.5. The molecule has 2 aliphatic rings. The second-order valence-corrected chi connectivity index (χ2v) is 7.14. The first-order valence-electron chi connectivity index (χ1n) is 9.62.